The molecule has 0 saturated carbocycles. The van der Waals surface area contributed by atoms with Crippen LogP contribution >= 0.6 is 0 Å². The average molecular weight is 386 g/mol. The number of guanidine groups is 1. The molecule has 0 spiro atoms. The van der Waals surface area contributed by atoms with Gasteiger partial charge in [0.25, 0.3) is 0 Å². The maximum absolute atomic E-state index is 12.4. The lowest BCUT2D eigenvalue weighted by atomic mass is 9.93. The van der Waals surface area contributed by atoms with Crippen LogP contribution in [-0.4, -0.2) is 57.4 Å². The van der Waals surface area contributed by atoms with E-state index in [1.165, 1.54) is 4.90 Å². The first-order chi connectivity index (χ1) is 12.9. The van der Waals surface area contributed by atoms with E-state index in [2.05, 4.69) is 15.6 Å². The molecule has 2 N–H and O–H groups in total. The van der Waals surface area contributed by atoms with Gasteiger partial charge >= 0.3 is 6.18 Å². The molecule has 0 atom stereocenters. The molecule has 1 aromatic rings. The van der Waals surface area contributed by atoms with Crippen molar-refractivity contribution in [3.8, 4) is 5.75 Å². The molecule has 1 fully saturated rings. The van der Waals surface area contributed by atoms with Crippen molar-refractivity contribution in [1.29, 1.82) is 0 Å². The van der Waals surface area contributed by atoms with Gasteiger partial charge in [0.2, 0.25) is 0 Å². The summed E-state index contributed by atoms with van der Waals surface area (Å²) >= 11 is 0. The van der Waals surface area contributed by atoms with Crippen LogP contribution in [-0.2, 0) is 6.54 Å². The second kappa shape index (κ2) is 10.4. The fraction of sp³-hybridized carbons (Fsp3) is 0.632. The number of nitrogens with zero attached hydrogens (tertiary/aromatic N) is 2. The molecular formula is C19H29F3N4O. The Bertz CT molecular complexity index is 599. The van der Waals surface area contributed by atoms with Crippen LogP contribution in [0, 0.1) is 5.92 Å². The van der Waals surface area contributed by atoms with E-state index >= 15 is 0 Å². The number of likely N-dealkylation sites (tertiary alicyclic amines) is 1. The Hall–Kier alpha value is -1.96. The highest BCUT2D eigenvalue weighted by Crippen LogP contribution is 2.23. The van der Waals surface area contributed by atoms with Crippen LogP contribution in [0.2, 0.25) is 0 Å². The first kappa shape index (κ1) is 21.3. The molecule has 8 heteroatoms. The molecule has 1 saturated heterocycles. The highest BCUT2D eigenvalue weighted by molar-refractivity contribution is 5.79. The summed E-state index contributed by atoms with van der Waals surface area (Å²) in [4.78, 5) is 5.71. The van der Waals surface area contributed by atoms with Gasteiger partial charge in [-0.3, -0.25) is 9.89 Å². The smallest absolute Gasteiger partial charge is 0.401 e. The minimum atomic E-state index is -4.10. The molecule has 0 amide bonds. The maximum Gasteiger partial charge on any atom is 0.401 e. The van der Waals surface area contributed by atoms with Gasteiger partial charge in [-0.1, -0.05) is 12.1 Å². The summed E-state index contributed by atoms with van der Waals surface area (Å²) in [7, 11) is 3.36. The third kappa shape index (κ3) is 8.07. The molecule has 152 valence electrons. The maximum atomic E-state index is 12.4. The summed E-state index contributed by atoms with van der Waals surface area (Å²) in [6.07, 6.45) is -1.55. The number of aliphatic imine (C=N–C) groups is 1. The van der Waals surface area contributed by atoms with Crippen molar-refractivity contribution in [2.75, 3.05) is 40.3 Å². The Kier molecular flexibility index (Phi) is 8.22. The van der Waals surface area contributed by atoms with E-state index in [9.17, 15) is 13.2 Å². The van der Waals surface area contributed by atoms with Crippen molar-refractivity contribution < 1.29 is 17.9 Å². The SMILES string of the molecule is CN=C(NCCC1CCN(CC(F)(F)F)CC1)NCc1cccc(OC)c1. The van der Waals surface area contributed by atoms with E-state index in [1.807, 2.05) is 24.3 Å². The van der Waals surface area contributed by atoms with E-state index in [0.29, 0.717) is 31.5 Å². The fourth-order valence-corrected chi connectivity index (χ4v) is 3.27. The van der Waals surface area contributed by atoms with Crippen LogP contribution in [0.1, 0.15) is 24.8 Å². The van der Waals surface area contributed by atoms with Gasteiger partial charge in [-0.05, 0) is 56.0 Å². The van der Waals surface area contributed by atoms with Gasteiger partial charge in [-0.25, -0.2) is 0 Å². The van der Waals surface area contributed by atoms with Gasteiger partial charge in [0.1, 0.15) is 5.75 Å². The van der Waals surface area contributed by atoms with Gasteiger partial charge < -0.3 is 15.4 Å². The number of halogens is 3. The van der Waals surface area contributed by atoms with E-state index < -0.39 is 12.7 Å². The molecule has 0 aromatic heterocycles. The van der Waals surface area contributed by atoms with Crippen LogP contribution in [0.4, 0.5) is 13.2 Å². The lowest BCUT2D eigenvalue weighted by molar-refractivity contribution is -0.148. The molecule has 0 bridgehead atoms. The highest BCUT2D eigenvalue weighted by Gasteiger charge is 2.32. The molecule has 0 unspecified atom stereocenters. The zero-order valence-electron chi connectivity index (χ0n) is 16.0. The van der Waals surface area contributed by atoms with Crippen LogP contribution in [0.3, 0.4) is 0 Å². The van der Waals surface area contributed by atoms with Gasteiger partial charge in [-0.15, -0.1) is 0 Å². The van der Waals surface area contributed by atoms with Gasteiger partial charge in [0.05, 0.1) is 13.7 Å². The summed E-state index contributed by atoms with van der Waals surface area (Å²) in [5.41, 5.74) is 1.09. The second-order valence-corrected chi connectivity index (χ2v) is 6.83. The number of piperidine rings is 1. The summed E-state index contributed by atoms with van der Waals surface area (Å²) < 4.78 is 42.5. The lowest BCUT2D eigenvalue weighted by Gasteiger charge is -2.32. The van der Waals surface area contributed by atoms with Crippen LogP contribution < -0.4 is 15.4 Å². The number of methoxy groups -OCH3 is 1. The lowest BCUT2D eigenvalue weighted by Crippen LogP contribution is -2.41. The minimum Gasteiger partial charge on any atom is -0.497 e. The Morgan fingerprint density at radius 2 is 2.00 bits per heavy atom. The number of ether oxygens (including phenoxy) is 1. The summed E-state index contributed by atoms with van der Waals surface area (Å²) in [6, 6.07) is 7.82. The molecule has 1 aromatic carbocycles. The van der Waals surface area contributed by atoms with Crippen LogP contribution in [0.25, 0.3) is 0 Å². The van der Waals surface area contributed by atoms with Crippen molar-refractivity contribution in [3.05, 3.63) is 29.8 Å². The number of nitrogens with one attached hydrogen (secondary N) is 2. The molecule has 27 heavy (non-hydrogen) atoms. The van der Waals surface area contributed by atoms with E-state index in [1.54, 1.807) is 14.2 Å². The normalized spacial score (nSPS) is 17.0. The highest BCUT2D eigenvalue weighted by atomic mass is 19.4. The summed E-state index contributed by atoms with van der Waals surface area (Å²) in [5, 5.41) is 6.54. The number of benzene rings is 1. The number of rotatable bonds is 7. The van der Waals surface area contributed by atoms with Gasteiger partial charge in [0, 0.05) is 20.1 Å². The predicted octanol–water partition coefficient (Wildman–Crippen LogP) is 3.02. The molecule has 1 aliphatic heterocycles. The van der Waals surface area contributed by atoms with Crippen LogP contribution in [0.15, 0.2) is 29.3 Å². The van der Waals surface area contributed by atoms with Crippen LogP contribution in [0.5, 0.6) is 5.75 Å². The third-order valence-corrected chi connectivity index (χ3v) is 4.77. The minimum absolute atomic E-state index is 0.457. The summed E-state index contributed by atoms with van der Waals surface area (Å²) in [6.45, 7) is 1.63. The molecule has 0 aliphatic carbocycles. The zero-order valence-corrected chi connectivity index (χ0v) is 16.0. The quantitative estimate of drug-likeness (QED) is 0.559. The predicted molar refractivity (Wildman–Crippen MR) is 101 cm³/mol. The van der Waals surface area contributed by atoms with Crippen molar-refractivity contribution in [1.82, 2.24) is 15.5 Å². The van der Waals surface area contributed by atoms with E-state index in [4.69, 9.17) is 4.74 Å². The van der Waals surface area contributed by atoms with Crippen molar-refractivity contribution >= 4 is 5.96 Å². The first-order valence-corrected chi connectivity index (χ1v) is 9.26. The van der Waals surface area contributed by atoms with Crippen molar-refractivity contribution in [2.45, 2.75) is 32.0 Å². The molecule has 1 heterocycles. The van der Waals surface area contributed by atoms with E-state index in [-0.39, 0.29) is 0 Å². The number of hydrogen-bond donors (Lipinski definition) is 2. The Labute approximate surface area is 159 Å². The number of alkyl halides is 3. The molecular weight excluding hydrogens is 357 g/mol. The third-order valence-electron chi connectivity index (χ3n) is 4.77. The fourth-order valence-electron chi connectivity index (χ4n) is 3.27. The Morgan fingerprint density at radius 3 is 2.63 bits per heavy atom. The molecule has 0 radical (unpaired) electrons. The average Bonchev–Trinajstić information content (AvgIpc) is 2.65. The zero-order chi connectivity index (χ0) is 19.7. The first-order valence-electron chi connectivity index (χ1n) is 9.26. The Morgan fingerprint density at radius 1 is 1.26 bits per heavy atom. The molecule has 5 nitrogen and oxygen atoms in total. The monoisotopic (exact) mass is 386 g/mol. The van der Waals surface area contributed by atoms with E-state index in [0.717, 1.165) is 37.1 Å². The van der Waals surface area contributed by atoms with Gasteiger partial charge in [0.15, 0.2) is 5.96 Å². The number of hydrogen-bond acceptors (Lipinski definition) is 3. The standard InChI is InChI=1S/C19H29F3N4O/c1-23-18(25-13-16-4-3-5-17(12-16)27-2)24-9-6-15-7-10-26(11-8-15)14-19(20,21)22/h3-5,12,15H,6-11,13-14H2,1-2H3,(H2,23,24,25). The van der Waals surface area contributed by atoms with Crippen molar-refractivity contribution in [2.24, 2.45) is 10.9 Å². The Balaban J connectivity index is 1.65. The molecule has 2 rings (SSSR count). The van der Waals surface area contributed by atoms with Gasteiger partial charge in [-0.2, -0.15) is 13.2 Å². The van der Waals surface area contributed by atoms with Crippen molar-refractivity contribution in [3.63, 3.8) is 0 Å². The molecule has 1 aliphatic rings. The topological polar surface area (TPSA) is 48.9 Å². The largest absolute Gasteiger partial charge is 0.497 e. The second-order valence-electron chi connectivity index (χ2n) is 6.83. The summed E-state index contributed by atoms with van der Waals surface area (Å²) in [5.74, 6) is 1.99.